The number of carbonyl (C=O) groups excluding carboxylic acids is 1. The van der Waals surface area contributed by atoms with E-state index in [4.69, 9.17) is 23.2 Å². The third kappa shape index (κ3) is 2.73. The van der Waals surface area contributed by atoms with Crippen molar-refractivity contribution in [2.24, 2.45) is 0 Å². The van der Waals surface area contributed by atoms with Gasteiger partial charge in [-0.05, 0) is 30.3 Å². The molecule has 2 aromatic rings. The number of hydrogen-bond donors (Lipinski definition) is 2. The fourth-order valence-electron chi connectivity index (χ4n) is 2.20. The average molecular weight is 390 g/mol. The van der Waals surface area contributed by atoms with Gasteiger partial charge in [0.25, 0.3) is 5.91 Å². The number of hydrogen-bond acceptors (Lipinski definition) is 2. The maximum atomic E-state index is 13.4. The number of halogens is 4. The van der Waals surface area contributed by atoms with E-state index in [-0.39, 0.29) is 5.91 Å². The van der Waals surface area contributed by atoms with Crippen LogP contribution in [0.4, 0.5) is 15.8 Å². The SMILES string of the molecule is O=C1Nc2ccc(F)cc2C1Nc1c(Cl)cc(Br)cc1Cl. The highest BCUT2D eigenvalue weighted by Crippen LogP contribution is 2.39. The van der Waals surface area contributed by atoms with Crippen LogP contribution in [-0.4, -0.2) is 5.91 Å². The maximum Gasteiger partial charge on any atom is 0.251 e. The lowest BCUT2D eigenvalue weighted by Gasteiger charge is -2.16. The molecule has 7 heteroatoms. The third-order valence-corrected chi connectivity index (χ3v) is 4.19. The molecule has 0 fully saturated rings. The van der Waals surface area contributed by atoms with Crippen LogP contribution in [0.1, 0.15) is 11.6 Å². The summed E-state index contributed by atoms with van der Waals surface area (Å²) in [5.41, 5.74) is 1.53. The summed E-state index contributed by atoms with van der Waals surface area (Å²) in [6.45, 7) is 0. The summed E-state index contributed by atoms with van der Waals surface area (Å²) in [5.74, 6) is -0.698. The van der Waals surface area contributed by atoms with E-state index in [9.17, 15) is 9.18 Å². The van der Waals surface area contributed by atoms with Gasteiger partial charge >= 0.3 is 0 Å². The summed E-state index contributed by atoms with van der Waals surface area (Å²) >= 11 is 15.6. The fourth-order valence-corrected chi connectivity index (χ4v) is 3.52. The monoisotopic (exact) mass is 388 g/mol. The molecular weight excluding hydrogens is 382 g/mol. The molecule has 0 radical (unpaired) electrons. The first kappa shape index (κ1) is 14.6. The molecule has 3 rings (SSSR count). The van der Waals surface area contributed by atoms with Gasteiger partial charge in [-0.25, -0.2) is 4.39 Å². The van der Waals surface area contributed by atoms with E-state index in [1.807, 2.05) is 0 Å². The van der Waals surface area contributed by atoms with Gasteiger partial charge in [0, 0.05) is 15.7 Å². The van der Waals surface area contributed by atoms with E-state index < -0.39 is 11.9 Å². The number of benzene rings is 2. The van der Waals surface area contributed by atoms with Crippen LogP contribution < -0.4 is 10.6 Å². The number of fused-ring (bicyclic) bond motifs is 1. The number of carbonyl (C=O) groups is 1. The van der Waals surface area contributed by atoms with Gasteiger partial charge in [0.15, 0.2) is 0 Å². The second-order valence-electron chi connectivity index (χ2n) is 4.54. The lowest BCUT2D eigenvalue weighted by Crippen LogP contribution is -2.20. The second kappa shape index (κ2) is 5.48. The number of anilines is 2. The second-order valence-corrected chi connectivity index (χ2v) is 6.27. The zero-order chi connectivity index (χ0) is 15.1. The molecule has 1 atom stereocenters. The maximum absolute atomic E-state index is 13.4. The van der Waals surface area contributed by atoms with E-state index in [1.165, 1.54) is 18.2 Å². The first-order valence-electron chi connectivity index (χ1n) is 5.97. The molecule has 2 N–H and O–H groups in total. The van der Waals surface area contributed by atoms with Crippen LogP contribution in [-0.2, 0) is 4.79 Å². The molecule has 108 valence electrons. The molecule has 0 saturated heterocycles. The Bertz CT molecular complexity index is 731. The van der Waals surface area contributed by atoms with Gasteiger partial charge in [-0.15, -0.1) is 0 Å². The summed E-state index contributed by atoms with van der Waals surface area (Å²) in [7, 11) is 0. The molecule has 2 aromatic carbocycles. The molecule has 0 aliphatic carbocycles. The van der Waals surface area contributed by atoms with Crippen LogP contribution in [0.5, 0.6) is 0 Å². The molecule has 0 bridgehead atoms. The van der Waals surface area contributed by atoms with Crippen molar-refractivity contribution in [3.63, 3.8) is 0 Å². The van der Waals surface area contributed by atoms with Gasteiger partial charge in [-0.3, -0.25) is 4.79 Å². The molecule has 1 heterocycles. The highest BCUT2D eigenvalue weighted by molar-refractivity contribution is 9.10. The zero-order valence-electron chi connectivity index (χ0n) is 10.4. The quantitative estimate of drug-likeness (QED) is 0.758. The number of amides is 1. The molecule has 1 aliphatic rings. The normalized spacial score (nSPS) is 16.6. The van der Waals surface area contributed by atoms with Crippen molar-refractivity contribution in [3.05, 3.63) is 56.2 Å². The minimum Gasteiger partial charge on any atom is -0.368 e. The Morgan fingerprint density at radius 3 is 2.52 bits per heavy atom. The van der Waals surface area contributed by atoms with Crippen molar-refractivity contribution in [1.82, 2.24) is 0 Å². The van der Waals surface area contributed by atoms with E-state index in [2.05, 4.69) is 26.6 Å². The largest absolute Gasteiger partial charge is 0.368 e. The Kier molecular flexibility index (Phi) is 3.82. The van der Waals surface area contributed by atoms with Crippen LogP contribution >= 0.6 is 39.1 Å². The Morgan fingerprint density at radius 2 is 1.86 bits per heavy atom. The lowest BCUT2D eigenvalue weighted by molar-refractivity contribution is -0.116. The van der Waals surface area contributed by atoms with Gasteiger partial charge in [0.05, 0.1) is 15.7 Å². The zero-order valence-corrected chi connectivity index (χ0v) is 13.5. The molecule has 0 saturated carbocycles. The van der Waals surface area contributed by atoms with Crippen LogP contribution in [0.2, 0.25) is 10.0 Å². The molecule has 0 aromatic heterocycles. The van der Waals surface area contributed by atoms with Gasteiger partial charge < -0.3 is 10.6 Å². The van der Waals surface area contributed by atoms with Gasteiger partial charge in [0.2, 0.25) is 0 Å². The van der Waals surface area contributed by atoms with Crippen LogP contribution in [0.3, 0.4) is 0 Å². The van der Waals surface area contributed by atoms with Gasteiger partial charge in [0.1, 0.15) is 11.9 Å². The summed E-state index contributed by atoms with van der Waals surface area (Å²) in [4.78, 5) is 12.0. The standard InChI is InChI=1S/C14H8BrCl2FN2O/c15-6-3-9(16)13(10(17)4-6)20-12-8-5-7(18)1-2-11(8)19-14(12)21/h1-5,12,20H,(H,19,21). The smallest absolute Gasteiger partial charge is 0.251 e. The molecule has 3 nitrogen and oxygen atoms in total. The van der Waals surface area contributed by atoms with E-state index in [0.29, 0.717) is 27.0 Å². The first-order chi connectivity index (χ1) is 9.95. The van der Waals surface area contributed by atoms with Crippen molar-refractivity contribution in [3.8, 4) is 0 Å². The molecular formula is C14H8BrCl2FN2O. The van der Waals surface area contributed by atoms with Crippen LogP contribution in [0.25, 0.3) is 0 Å². The van der Waals surface area contributed by atoms with E-state index >= 15 is 0 Å². The first-order valence-corrected chi connectivity index (χ1v) is 7.52. The van der Waals surface area contributed by atoms with E-state index in [0.717, 1.165) is 4.47 Å². The van der Waals surface area contributed by atoms with Crippen molar-refractivity contribution in [2.45, 2.75) is 6.04 Å². The van der Waals surface area contributed by atoms with Gasteiger partial charge in [-0.1, -0.05) is 39.1 Å². The van der Waals surface area contributed by atoms with Crippen molar-refractivity contribution < 1.29 is 9.18 Å². The predicted molar refractivity (Wildman–Crippen MR) is 85.6 cm³/mol. The highest BCUT2D eigenvalue weighted by Gasteiger charge is 2.31. The molecule has 0 spiro atoms. The van der Waals surface area contributed by atoms with Crippen molar-refractivity contribution in [1.29, 1.82) is 0 Å². The molecule has 1 amide bonds. The summed E-state index contributed by atoms with van der Waals surface area (Å²) in [6, 6.07) is 6.71. The Labute approximate surface area is 138 Å². The van der Waals surface area contributed by atoms with Crippen molar-refractivity contribution >= 4 is 56.4 Å². The summed E-state index contributed by atoms with van der Waals surface area (Å²) in [5, 5.41) is 6.39. The Morgan fingerprint density at radius 1 is 1.19 bits per heavy atom. The van der Waals surface area contributed by atoms with Gasteiger partial charge in [-0.2, -0.15) is 0 Å². The Hall–Kier alpha value is -1.30. The fraction of sp³-hybridized carbons (Fsp3) is 0.0714. The Balaban J connectivity index is 2.00. The highest BCUT2D eigenvalue weighted by atomic mass is 79.9. The van der Waals surface area contributed by atoms with Crippen LogP contribution in [0.15, 0.2) is 34.8 Å². The van der Waals surface area contributed by atoms with Crippen molar-refractivity contribution in [2.75, 3.05) is 10.6 Å². The lowest BCUT2D eigenvalue weighted by atomic mass is 10.1. The predicted octanol–water partition coefficient (Wildman–Crippen LogP) is 5.00. The average Bonchev–Trinajstić information content (AvgIpc) is 2.69. The molecule has 1 unspecified atom stereocenters. The number of nitrogens with one attached hydrogen (secondary N) is 2. The topological polar surface area (TPSA) is 41.1 Å². The summed E-state index contributed by atoms with van der Waals surface area (Å²) < 4.78 is 14.1. The molecule has 21 heavy (non-hydrogen) atoms. The minimum absolute atomic E-state index is 0.286. The number of rotatable bonds is 2. The van der Waals surface area contributed by atoms with E-state index in [1.54, 1.807) is 12.1 Å². The van der Waals surface area contributed by atoms with Crippen LogP contribution in [0, 0.1) is 5.82 Å². The minimum atomic E-state index is -0.744. The molecule has 1 aliphatic heterocycles. The summed E-state index contributed by atoms with van der Waals surface area (Å²) in [6.07, 6.45) is 0. The third-order valence-electron chi connectivity index (χ3n) is 3.14.